The molecule has 2 heterocycles. The highest BCUT2D eigenvalue weighted by atomic mass is 127. The second kappa shape index (κ2) is 12.4. The summed E-state index contributed by atoms with van der Waals surface area (Å²) in [4.78, 5) is 11.6. The summed E-state index contributed by atoms with van der Waals surface area (Å²) in [7, 11) is 0. The topological polar surface area (TPSA) is 61.8 Å². The van der Waals surface area contributed by atoms with Crippen LogP contribution in [0.4, 0.5) is 0 Å². The van der Waals surface area contributed by atoms with Crippen LogP contribution in [0.1, 0.15) is 53.0 Å². The van der Waals surface area contributed by atoms with E-state index in [1.165, 1.54) is 0 Å². The van der Waals surface area contributed by atoms with Crippen molar-refractivity contribution in [2.75, 3.05) is 19.6 Å². The highest BCUT2D eigenvalue weighted by molar-refractivity contribution is 14.0. The molecule has 1 fully saturated rings. The number of hydrogen-bond acceptors (Lipinski definition) is 4. The zero-order valence-electron chi connectivity index (χ0n) is 17.4. The second-order valence-electron chi connectivity index (χ2n) is 7.41. The summed E-state index contributed by atoms with van der Waals surface area (Å²) >= 11 is 0. The second-order valence-corrected chi connectivity index (χ2v) is 7.41. The van der Waals surface area contributed by atoms with E-state index in [9.17, 15) is 0 Å². The molecular formula is C20H36IN5O. The average Bonchev–Trinajstić information content (AvgIpc) is 2.61. The van der Waals surface area contributed by atoms with Gasteiger partial charge < -0.3 is 20.3 Å². The number of rotatable bonds is 7. The first kappa shape index (κ1) is 23.9. The molecule has 1 aliphatic heterocycles. The molecule has 1 aromatic heterocycles. The molecule has 1 aliphatic rings. The summed E-state index contributed by atoms with van der Waals surface area (Å²) in [5, 5.41) is 6.94. The Labute approximate surface area is 181 Å². The standard InChI is InChI=1S/C20H35N5O.HI/c1-6-21-20(24-18-9-11-25(12-10-18)15(2)3)23-14-17-7-8-19(22-13-17)26-16(4)5;/h7-8,13,15-16,18H,6,9-12,14H2,1-5H3,(H2,21,23,24);1H. The molecule has 0 aromatic carbocycles. The van der Waals surface area contributed by atoms with Crippen LogP contribution in [-0.2, 0) is 6.54 Å². The van der Waals surface area contributed by atoms with Crippen molar-refractivity contribution in [3.05, 3.63) is 23.9 Å². The van der Waals surface area contributed by atoms with E-state index in [1.807, 2.05) is 32.2 Å². The van der Waals surface area contributed by atoms with E-state index in [-0.39, 0.29) is 30.1 Å². The van der Waals surface area contributed by atoms with Crippen LogP contribution in [0.5, 0.6) is 5.88 Å². The molecule has 27 heavy (non-hydrogen) atoms. The fourth-order valence-electron chi connectivity index (χ4n) is 3.06. The molecule has 2 N–H and O–H groups in total. The third-order valence-electron chi connectivity index (χ3n) is 4.52. The Morgan fingerprint density at radius 3 is 2.48 bits per heavy atom. The van der Waals surface area contributed by atoms with Crippen LogP contribution < -0.4 is 15.4 Å². The fourth-order valence-corrected chi connectivity index (χ4v) is 3.06. The molecule has 1 saturated heterocycles. The van der Waals surface area contributed by atoms with E-state index in [1.54, 1.807) is 0 Å². The van der Waals surface area contributed by atoms with Crippen molar-refractivity contribution in [3.8, 4) is 5.88 Å². The van der Waals surface area contributed by atoms with Gasteiger partial charge in [0, 0.05) is 44.0 Å². The molecule has 0 radical (unpaired) electrons. The number of ether oxygens (including phenoxy) is 1. The van der Waals surface area contributed by atoms with Gasteiger partial charge in [0.2, 0.25) is 5.88 Å². The monoisotopic (exact) mass is 489 g/mol. The number of likely N-dealkylation sites (tertiary alicyclic amines) is 1. The fraction of sp³-hybridized carbons (Fsp3) is 0.700. The highest BCUT2D eigenvalue weighted by Crippen LogP contribution is 2.13. The van der Waals surface area contributed by atoms with Crippen LogP contribution in [0.2, 0.25) is 0 Å². The molecular weight excluding hydrogens is 453 g/mol. The van der Waals surface area contributed by atoms with Crippen LogP contribution in [0, 0.1) is 0 Å². The zero-order valence-corrected chi connectivity index (χ0v) is 19.7. The SMILES string of the molecule is CCNC(=NCc1ccc(OC(C)C)nc1)NC1CCN(C(C)C)CC1.I. The number of hydrogen-bond donors (Lipinski definition) is 2. The molecule has 0 atom stereocenters. The van der Waals surface area contributed by atoms with Crippen molar-refractivity contribution in [1.29, 1.82) is 0 Å². The van der Waals surface area contributed by atoms with E-state index < -0.39 is 0 Å². The molecule has 0 saturated carbocycles. The largest absolute Gasteiger partial charge is 0.475 e. The zero-order chi connectivity index (χ0) is 18.9. The van der Waals surface area contributed by atoms with E-state index in [2.05, 4.69) is 41.3 Å². The first-order valence-electron chi connectivity index (χ1n) is 9.88. The molecule has 0 bridgehead atoms. The highest BCUT2D eigenvalue weighted by Gasteiger charge is 2.21. The van der Waals surface area contributed by atoms with Crippen molar-refractivity contribution in [2.45, 2.75) is 72.2 Å². The number of aromatic nitrogens is 1. The first-order valence-corrected chi connectivity index (χ1v) is 9.88. The lowest BCUT2D eigenvalue weighted by Gasteiger charge is -2.35. The van der Waals surface area contributed by atoms with Gasteiger partial charge in [-0.1, -0.05) is 6.07 Å². The summed E-state index contributed by atoms with van der Waals surface area (Å²) in [5.41, 5.74) is 1.08. The number of guanidine groups is 1. The molecule has 154 valence electrons. The van der Waals surface area contributed by atoms with E-state index in [4.69, 9.17) is 9.73 Å². The minimum atomic E-state index is 0. The van der Waals surface area contributed by atoms with Crippen LogP contribution in [0.25, 0.3) is 0 Å². The third kappa shape index (κ3) is 8.64. The Morgan fingerprint density at radius 1 is 1.26 bits per heavy atom. The molecule has 6 nitrogen and oxygen atoms in total. The maximum atomic E-state index is 5.58. The van der Waals surface area contributed by atoms with Gasteiger partial charge in [0.25, 0.3) is 0 Å². The number of halogens is 1. The summed E-state index contributed by atoms with van der Waals surface area (Å²) < 4.78 is 5.58. The summed E-state index contributed by atoms with van der Waals surface area (Å²) in [6.07, 6.45) is 4.29. The van der Waals surface area contributed by atoms with E-state index in [0.29, 0.717) is 24.5 Å². The van der Waals surface area contributed by atoms with Gasteiger partial charge in [-0.25, -0.2) is 9.98 Å². The lowest BCUT2D eigenvalue weighted by atomic mass is 10.0. The lowest BCUT2D eigenvalue weighted by Crippen LogP contribution is -2.49. The van der Waals surface area contributed by atoms with Gasteiger partial charge in [-0.2, -0.15) is 0 Å². The van der Waals surface area contributed by atoms with Gasteiger partial charge in [0.05, 0.1) is 12.6 Å². The Balaban J connectivity index is 0.00000364. The minimum Gasteiger partial charge on any atom is -0.475 e. The van der Waals surface area contributed by atoms with Crippen LogP contribution in [0.15, 0.2) is 23.3 Å². The average molecular weight is 489 g/mol. The minimum absolute atomic E-state index is 0. The quantitative estimate of drug-likeness (QED) is 0.349. The number of piperidine rings is 1. The normalized spacial score (nSPS) is 16.3. The molecule has 0 unspecified atom stereocenters. The smallest absolute Gasteiger partial charge is 0.213 e. The Bertz CT molecular complexity index is 554. The lowest BCUT2D eigenvalue weighted by molar-refractivity contribution is 0.167. The van der Waals surface area contributed by atoms with Gasteiger partial charge in [0.1, 0.15) is 0 Å². The molecule has 2 rings (SSSR count). The molecule has 1 aromatic rings. The van der Waals surface area contributed by atoms with Crippen molar-refractivity contribution < 1.29 is 4.74 Å². The van der Waals surface area contributed by atoms with Crippen LogP contribution in [0.3, 0.4) is 0 Å². The summed E-state index contributed by atoms with van der Waals surface area (Å²) in [6, 6.07) is 5.06. The van der Waals surface area contributed by atoms with Crippen LogP contribution in [-0.4, -0.2) is 53.7 Å². The van der Waals surface area contributed by atoms with E-state index >= 15 is 0 Å². The number of aliphatic imine (C=N–C) groups is 1. The van der Waals surface area contributed by atoms with Crippen LogP contribution >= 0.6 is 24.0 Å². The molecule has 7 heteroatoms. The number of nitrogens with zero attached hydrogens (tertiary/aromatic N) is 3. The van der Waals surface area contributed by atoms with Crippen molar-refractivity contribution in [3.63, 3.8) is 0 Å². The third-order valence-corrected chi connectivity index (χ3v) is 4.52. The van der Waals surface area contributed by atoms with Gasteiger partial charge in [-0.15, -0.1) is 24.0 Å². The predicted molar refractivity (Wildman–Crippen MR) is 123 cm³/mol. The van der Waals surface area contributed by atoms with Gasteiger partial charge in [0.15, 0.2) is 5.96 Å². The maximum Gasteiger partial charge on any atom is 0.213 e. The van der Waals surface area contributed by atoms with Crippen molar-refractivity contribution in [2.24, 2.45) is 4.99 Å². The number of pyridine rings is 1. The van der Waals surface area contributed by atoms with Gasteiger partial charge >= 0.3 is 0 Å². The van der Waals surface area contributed by atoms with Gasteiger partial charge in [-0.3, -0.25) is 0 Å². The number of nitrogens with one attached hydrogen (secondary N) is 2. The Kier molecular flexibility index (Phi) is 11.0. The van der Waals surface area contributed by atoms with Crippen molar-refractivity contribution >= 4 is 29.9 Å². The molecule has 0 aliphatic carbocycles. The predicted octanol–water partition coefficient (Wildman–Crippen LogP) is 3.41. The van der Waals surface area contributed by atoms with Gasteiger partial charge in [-0.05, 0) is 53.0 Å². The van der Waals surface area contributed by atoms with E-state index in [0.717, 1.165) is 44.0 Å². The molecule has 0 spiro atoms. The Morgan fingerprint density at radius 2 is 1.96 bits per heavy atom. The summed E-state index contributed by atoms with van der Waals surface area (Å²) in [6.45, 7) is 14.4. The molecule has 0 amide bonds. The Hall–Kier alpha value is -1.09. The maximum absolute atomic E-state index is 5.58. The first-order chi connectivity index (χ1) is 12.5. The summed E-state index contributed by atoms with van der Waals surface area (Å²) in [5.74, 6) is 1.55. The van der Waals surface area contributed by atoms with Crippen molar-refractivity contribution in [1.82, 2.24) is 20.5 Å².